The number of pyridine rings is 1. The van der Waals surface area contributed by atoms with Gasteiger partial charge < -0.3 is 10.2 Å². The quantitative estimate of drug-likeness (QED) is 0.905. The lowest BCUT2D eigenvalue weighted by atomic mass is 10.0. The van der Waals surface area contributed by atoms with Crippen LogP contribution in [0.5, 0.6) is 0 Å². The molecule has 1 unspecified atom stereocenters. The van der Waals surface area contributed by atoms with Crippen LogP contribution in [0.25, 0.3) is 0 Å². The fraction of sp³-hybridized carbons (Fsp3) is 0.667. The van der Waals surface area contributed by atoms with Gasteiger partial charge in [-0.25, -0.2) is 4.98 Å². The number of anilines is 1. The number of aromatic nitrogens is 1. The third-order valence-corrected chi connectivity index (χ3v) is 4.20. The smallest absolute Gasteiger partial charge is 0.126 e. The Labute approximate surface area is 127 Å². The molecule has 1 fully saturated rings. The SMILES string of the molecule is CCNc1ccc(Cl)c(CN2CCCC(N(C)C)C2)n1. The van der Waals surface area contributed by atoms with Gasteiger partial charge in [0.05, 0.1) is 10.7 Å². The molecular formula is C15H25ClN4. The van der Waals surface area contributed by atoms with Gasteiger partial charge in [-0.2, -0.15) is 0 Å². The average molecular weight is 297 g/mol. The molecule has 20 heavy (non-hydrogen) atoms. The first-order valence-corrected chi connectivity index (χ1v) is 7.76. The lowest BCUT2D eigenvalue weighted by molar-refractivity contribution is 0.127. The molecule has 1 aromatic heterocycles. The van der Waals surface area contributed by atoms with Crippen molar-refractivity contribution in [2.75, 3.05) is 39.0 Å². The van der Waals surface area contributed by atoms with Gasteiger partial charge in [-0.3, -0.25) is 4.90 Å². The van der Waals surface area contributed by atoms with E-state index < -0.39 is 0 Å². The molecule has 0 spiro atoms. The summed E-state index contributed by atoms with van der Waals surface area (Å²) >= 11 is 6.29. The van der Waals surface area contributed by atoms with Crippen molar-refractivity contribution in [3.8, 4) is 0 Å². The van der Waals surface area contributed by atoms with Crippen molar-refractivity contribution in [1.82, 2.24) is 14.8 Å². The van der Waals surface area contributed by atoms with E-state index in [1.54, 1.807) is 0 Å². The Morgan fingerprint density at radius 3 is 2.95 bits per heavy atom. The number of rotatable bonds is 5. The summed E-state index contributed by atoms with van der Waals surface area (Å²) < 4.78 is 0. The molecule has 1 aliphatic heterocycles. The van der Waals surface area contributed by atoms with Crippen LogP contribution in [0.4, 0.5) is 5.82 Å². The molecule has 2 rings (SSSR count). The molecule has 2 heterocycles. The summed E-state index contributed by atoms with van der Waals surface area (Å²) in [6.45, 7) is 6.01. The van der Waals surface area contributed by atoms with Crippen LogP contribution in [0, 0.1) is 0 Å². The minimum atomic E-state index is 0.638. The van der Waals surface area contributed by atoms with E-state index >= 15 is 0 Å². The van der Waals surface area contributed by atoms with Crippen molar-refractivity contribution in [2.45, 2.75) is 32.4 Å². The molecule has 1 N–H and O–H groups in total. The zero-order valence-corrected chi connectivity index (χ0v) is 13.5. The van der Waals surface area contributed by atoms with Gasteiger partial charge in [-0.05, 0) is 52.5 Å². The van der Waals surface area contributed by atoms with Gasteiger partial charge in [0.2, 0.25) is 0 Å². The van der Waals surface area contributed by atoms with Gasteiger partial charge in [0.25, 0.3) is 0 Å². The van der Waals surface area contributed by atoms with Crippen LogP contribution >= 0.6 is 11.6 Å². The highest BCUT2D eigenvalue weighted by molar-refractivity contribution is 6.31. The van der Waals surface area contributed by atoms with Gasteiger partial charge in [0, 0.05) is 25.7 Å². The summed E-state index contributed by atoms with van der Waals surface area (Å²) in [5, 5.41) is 4.01. The average Bonchev–Trinajstić information content (AvgIpc) is 2.43. The lowest BCUT2D eigenvalue weighted by Gasteiger charge is -2.36. The molecule has 1 saturated heterocycles. The zero-order valence-electron chi connectivity index (χ0n) is 12.7. The summed E-state index contributed by atoms with van der Waals surface area (Å²) in [5.74, 6) is 0.910. The van der Waals surface area contributed by atoms with E-state index in [0.29, 0.717) is 6.04 Å². The largest absolute Gasteiger partial charge is 0.370 e. The Hall–Kier alpha value is -0.840. The van der Waals surface area contributed by atoms with Crippen LogP contribution in [-0.4, -0.2) is 54.6 Å². The third-order valence-electron chi connectivity index (χ3n) is 3.86. The Morgan fingerprint density at radius 1 is 1.45 bits per heavy atom. The second-order valence-corrected chi connectivity index (χ2v) is 6.06. The molecular weight excluding hydrogens is 272 g/mol. The predicted octanol–water partition coefficient (Wildman–Crippen LogP) is 2.69. The molecule has 0 bridgehead atoms. The third kappa shape index (κ3) is 4.08. The van der Waals surface area contributed by atoms with Gasteiger partial charge in [0.1, 0.15) is 5.82 Å². The van der Waals surface area contributed by atoms with Crippen LogP contribution in [0.1, 0.15) is 25.5 Å². The van der Waals surface area contributed by atoms with Crippen molar-refractivity contribution in [3.63, 3.8) is 0 Å². The fourth-order valence-corrected chi connectivity index (χ4v) is 2.85. The first-order valence-electron chi connectivity index (χ1n) is 7.38. The summed E-state index contributed by atoms with van der Waals surface area (Å²) in [6.07, 6.45) is 2.52. The second kappa shape index (κ2) is 7.25. The van der Waals surface area contributed by atoms with Gasteiger partial charge in [0.15, 0.2) is 0 Å². The minimum Gasteiger partial charge on any atom is -0.370 e. The van der Waals surface area contributed by atoms with E-state index in [1.807, 2.05) is 12.1 Å². The van der Waals surface area contributed by atoms with Gasteiger partial charge >= 0.3 is 0 Å². The van der Waals surface area contributed by atoms with Gasteiger partial charge in [-0.1, -0.05) is 11.6 Å². The fourth-order valence-electron chi connectivity index (χ4n) is 2.68. The molecule has 0 radical (unpaired) electrons. The second-order valence-electron chi connectivity index (χ2n) is 5.65. The predicted molar refractivity (Wildman–Crippen MR) is 85.4 cm³/mol. The molecule has 112 valence electrons. The van der Waals surface area contributed by atoms with Crippen LogP contribution in [0.3, 0.4) is 0 Å². The van der Waals surface area contributed by atoms with Crippen molar-refractivity contribution in [1.29, 1.82) is 0 Å². The maximum absolute atomic E-state index is 6.29. The highest BCUT2D eigenvalue weighted by Crippen LogP contribution is 2.21. The lowest BCUT2D eigenvalue weighted by Crippen LogP contribution is -2.44. The molecule has 0 amide bonds. The topological polar surface area (TPSA) is 31.4 Å². The number of hydrogen-bond donors (Lipinski definition) is 1. The molecule has 1 aliphatic rings. The van der Waals surface area contributed by atoms with E-state index in [-0.39, 0.29) is 0 Å². The van der Waals surface area contributed by atoms with Crippen molar-refractivity contribution in [3.05, 3.63) is 22.8 Å². The Bertz CT molecular complexity index is 436. The number of nitrogens with zero attached hydrogens (tertiary/aromatic N) is 3. The highest BCUT2D eigenvalue weighted by Gasteiger charge is 2.22. The first-order chi connectivity index (χ1) is 9.60. The maximum Gasteiger partial charge on any atom is 0.126 e. The highest BCUT2D eigenvalue weighted by atomic mass is 35.5. The zero-order chi connectivity index (χ0) is 14.5. The van der Waals surface area contributed by atoms with Gasteiger partial charge in [-0.15, -0.1) is 0 Å². The normalized spacial score (nSPS) is 20.4. The van der Waals surface area contributed by atoms with E-state index in [1.165, 1.54) is 12.8 Å². The Balaban J connectivity index is 2.03. The van der Waals surface area contributed by atoms with Crippen LogP contribution in [0.15, 0.2) is 12.1 Å². The van der Waals surface area contributed by atoms with Crippen molar-refractivity contribution >= 4 is 17.4 Å². The van der Waals surface area contributed by atoms with Crippen LogP contribution in [-0.2, 0) is 6.54 Å². The molecule has 1 atom stereocenters. The van der Waals surface area contributed by atoms with E-state index in [2.05, 4.69) is 41.1 Å². The molecule has 4 nitrogen and oxygen atoms in total. The summed E-state index contributed by atoms with van der Waals surface area (Å²) in [7, 11) is 4.32. The number of halogens is 1. The number of nitrogens with one attached hydrogen (secondary N) is 1. The Morgan fingerprint density at radius 2 is 2.25 bits per heavy atom. The molecule has 1 aromatic rings. The monoisotopic (exact) mass is 296 g/mol. The molecule has 0 saturated carbocycles. The summed E-state index contributed by atoms with van der Waals surface area (Å²) in [4.78, 5) is 9.40. The number of likely N-dealkylation sites (tertiary alicyclic amines) is 1. The van der Waals surface area contributed by atoms with Crippen LogP contribution in [0.2, 0.25) is 5.02 Å². The maximum atomic E-state index is 6.29. The van der Waals surface area contributed by atoms with E-state index in [4.69, 9.17) is 11.6 Å². The number of hydrogen-bond acceptors (Lipinski definition) is 4. The molecule has 0 aromatic carbocycles. The van der Waals surface area contributed by atoms with Crippen molar-refractivity contribution in [2.24, 2.45) is 0 Å². The molecule has 0 aliphatic carbocycles. The summed E-state index contributed by atoms with van der Waals surface area (Å²) in [5.41, 5.74) is 0.976. The first kappa shape index (κ1) is 15.5. The van der Waals surface area contributed by atoms with Crippen LogP contribution < -0.4 is 5.32 Å². The van der Waals surface area contributed by atoms with E-state index in [9.17, 15) is 0 Å². The number of piperidine rings is 1. The number of likely N-dealkylation sites (N-methyl/N-ethyl adjacent to an activating group) is 1. The minimum absolute atomic E-state index is 0.638. The molecule has 5 heteroatoms. The summed E-state index contributed by atoms with van der Waals surface area (Å²) in [6, 6.07) is 4.52. The Kier molecular flexibility index (Phi) is 5.64. The van der Waals surface area contributed by atoms with E-state index in [0.717, 1.165) is 42.7 Å². The standard InChI is InChI=1S/C15H25ClN4/c1-4-17-15-8-7-13(16)14(18-15)11-20-9-5-6-12(10-20)19(2)3/h7-8,12H,4-6,9-11H2,1-3H3,(H,17,18). The van der Waals surface area contributed by atoms with Crippen molar-refractivity contribution < 1.29 is 0 Å².